The van der Waals surface area contributed by atoms with Gasteiger partial charge in [0.2, 0.25) is 5.91 Å². The second-order valence-electron chi connectivity index (χ2n) is 4.11. The van der Waals surface area contributed by atoms with Crippen LogP contribution in [-0.4, -0.2) is 34.7 Å². The Morgan fingerprint density at radius 2 is 1.93 bits per heavy atom. The molecule has 0 rings (SSSR count). The van der Waals surface area contributed by atoms with E-state index in [-0.39, 0.29) is 18.9 Å². The highest BCUT2D eigenvalue weighted by Gasteiger charge is 2.29. The number of aliphatic hydroxyl groups excluding tert-OH is 1. The summed E-state index contributed by atoms with van der Waals surface area (Å²) < 4.78 is 0. The van der Waals surface area contributed by atoms with Crippen LogP contribution in [0.4, 0.5) is 0 Å². The fraction of sp³-hybridized carbons (Fsp3) is 0.800. The first-order valence-electron chi connectivity index (χ1n) is 4.99. The van der Waals surface area contributed by atoms with Gasteiger partial charge in [0.05, 0.1) is 0 Å². The lowest BCUT2D eigenvalue weighted by Crippen LogP contribution is -2.46. The standard InChI is InChI=1S/C10H19NO4/c1-4-10(2,3)9(15)11-7(5-6-12)8(13)14/h7,12H,4-6H2,1-3H3,(H,11,15)(H,13,14). The number of aliphatic hydroxyl groups is 1. The molecule has 0 heterocycles. The minimum atomic E-state index is -1.12. The largest absolute Gasteiger partial charge is 0.480 e. The van der Waals surface area contributed by atoms with Crippen molar-refractivity contribution in [1.82, 2.24) is 5.32 Å². The summed E-state index contributed by atoms with van der Waals surface area (Å²) in [5.41, 5.74) is -0.580. The van der Waals surface area contributed by atoms with Crippen LogP contribution in [0.3, 0.4) is 0 Å². The molecule has 5 heteroatoms. The molecular formula is C10H19NO4. The molecular weight excluding hydrogens is 198 g/mol. The number of carboxylic acids is 1. The fourth-order valence-electron chi connectivity index (χ4n) is 0.901. The molecule has 0 aromatic heterocycles. The molecule has 0 fully saturated rings. The van der Waals surface area contributed by atoms with Gasteiger partial charge in [0.1, 0.15) is 6.04 Å². The molecule has 0 aromatic rings. The Bertz CT molecular complexity index is 238. The summed E-state index contributed by atoms with van der Waals surface area (Å²) in [7, 11) is 0. The SMILES string of the molecule is CCC(C)(C)C(=O)NC(CCO)C(=O)O. The number of carbonyl (C=O) groups is 2. The zero-order valence-corrected chi connectivity index (χ0v) is 9.41. The van der Waals surface area contributed by atoms with Crippen molar-refractivity contribution in [2.45, 2.75) is 39.7 Å². The molecule has 0 spiro atoms. The number of aliphatic carboxylic acids is 1. The van der Waals surface area contributed by atoms with Crippen LogP contribution >= 0.6 is 0 Å². The van der Waals surface area contributed by atoms with E-state index in [1.807, 2.05) is 6.92 Å². The molecule has 0 aliphatic heterocycles. The maximum Gasteiger partial charge on any atom is 0.326 e. The van der Waals surface area contributed by atoms with E-state index in [0.717, 1.165) is 0 Å². The van der Waals surface area contributed by atoms with Gasteiger partial charge in [-0.1, -0.05) is 20.8 Å². The van der Waals surface area contributed by atoms with Gasteiger partial charge in [0, 0.05) is 18.4 Å². The van der Waals surface area contributed by atoms with Crippen molar-refractivity contribution in [1.29, 1.82) is 0 Å². The zero-order chi connectivity index (χ0) is 12.1. The second kappa shape index (κ2) is 5.70. The molecule has 88 valence electrons. The lowest BCUT2D eigenvalue weighted by Gasteiger charge is -2.24. The summed E-state index contributed by atoms with van der Waals surface area (Å²) in [6.45, 7) is 5.10. The molecule has 1 atom stereocenters. The Hall–Kier alpha value is -1.10. The molecule has 3 N–H and O–H groups in total. The van der Waals surface area contributed by atoms with E-state index in [9.17, 15) is 9.59 Å². The third-order valence-corrected chi connectivity index (χ3v) is 2.52. The van der Waals surface area contributed by atoms with Crippen molar-refractivity contribution < 1.29 is 19.8 Å². The normalized spacial score (nSPS) is 13.3. The number of nitrogens with one attached hydrogen (secondary N) is 1. The first-order chi connectivity index (χ1) is 6.85. The highest BCUT2D eigenvalue weighted by molar-refractivity contribution is 5.86. The summed E-state index contributed by atoms with van der Waals surface area (Å²) in [4.78, 5) is 22.3. The Balaban J connectivity index is 4.41. The highest BCUT2D eigenvalue weighted by atomic mass is 16.4. The van der Waals surface area contributed by atoms with E-state index in [4.69, 9.17) is 10.2 Å². The van der Waals surface area contributed by atoms with E-state index in [1.54, 1.807) is 13.8 Å². The van der Waals surface area contributed by atoms with Crippen LogP contribution in [0.1, 0.15) is 33.6 Å². The molecule has 5 nitrogen and oxygen atoms in total. The van der Waals surface area contributed by atoms with E-state index in [2.05, 4.69) is 5.32 Å². The van der Waals surface area contributed by atoms with E-state index in [1.165, 1.54) is 0 Å². The maximum atomic E-state index is 11.6. The van der Waals surface area contributed by atoms with Crippen LogP contribution in [0, 0.1) is 5.41 Å². The maximum absolute atomic E-state index is 11.6. The van der Waals surface area contributed by atoms with Crippen molar-refractivity contribution >= 4 is 11.9 Å². The van der Waals surface area contributed by atoms with Crippen LogP contribution in [-0.2, 0) is 9.59 Å². The topological polar surface area (TPSA) is 86.6 Å². The molecule has 0 radical (unpaired) electrons. The molecule has 0 aliphatic rings. The molecule has 0 bridgehead atoms. The van der Waals surface area contributed by atoms with Gasteiger partial charge in [-0.15, -0.1) is 0 Å². The molecule has 0 aromatic carbocycles. The number of carboxylic acid groups (broad SMARTS) is 1. The summed E-state index contributed by atoms with van der Waals surface area (Å²) in [6, 6.07) is -1.01. The van der Waals surface area contributed by atoms with Gasteiger partial charge >= 0.3 is 5.97 Å². The predicted molar refractivity (Wildman–Crippen MR) is 55.3 cm³/mol. The molecule has 0 aliphatic carbocycles. The monoisotopic (exact) mass is 217 g/mol. The Kier molecular flexibility index (Phi) is 5.28. The number of hydrogen-bond donors (Lipinski definition) is 3. The lowest BCUT2D eigenvalue weighted by molar-refractivity contribution is -0.144. The van der Waals surface area contributed by atoms with Crippen LogP contribution in [0.15, 0.2) is 0 Å². The minimum absolute atomic E-state index is 0.0286. The van der Waals surface area contributed by atoms with E-state index < -0.39 is 17.4 Å². The molecule has 1 amide bonds. The third-order valence-electron chi connectivity index (χ3n) is 2.52. The van der Waals surface area contributed by atoms with Crippen LogP contribution in [0.25, 0.3) is 0 Å². The summed E-state index contributed by atoms with van der Waals surface area (Å²) >= 11 is 0. The van der Waals surface area contributed by atoms with Crippen molar-refractivity contribution in [2.75, 3.05) is 6.61 Å². The quantitative estimate of drug-likeness (QED) is 0.600. The van der Waals surface area contributed by atoms with Crippen molar-refractivity contribution in [3.05, 3.63) is 0 Å². The lowest BCUT2D eigenvalue weighted by atomic mass is 9.89. The average Bonchev–Trinajstić information content (AvgIpc) is 2.16. The second-order valence-corrected chi connectivity index (χ2v) is 4.11. The van der Waals surface area contributed by atoms with Gasteiger partial charge in [-0.3, -0.25) is 4.79 Å². The molecule has 0 saturated carbocycles. The summed E-state index contributed by atoms with van der Waals surface area (Å²) in [5.74, 6) is -1.42. The molecule has 15 heavy (non-hydrogen) atoms. The van der Waals surface area contributed by atoms with Crippen LogP contribution in [0.2, 0.25) is 0 Å². The Morgan fingerprint density at radius 3 is 2.27 bits per heavy atom. The van der Waals surface area contributed by atoms with Crippen LogP contribution < -0.4 is 5.32 Å². The van der Waals surface area contributed by atoms with Crippen molar-refractivity contribution in [2.24, 2.45) is 5.41 Å². The number of amides is 1. The summed E-state index contributed by atoms with van der Waals surface area (Å²) in [5, 5.41) is 19.8. The first-order valence-corrected chi connectivity index (χ1v) is 4.99. The smallest absolute Gasteiger partial charge is 0.326 e. The minimum Gasteiger partial charge on any atom is -0.480 e. The van der Waals surface area contributed by atoms with Gasteiger partial charge in [-0.25, -0.2) is 4.79 Å². The van der Waals surface area contributed by atoms with Gasteiger partial charge in [0.15, 0.2) is 0 Å². The summed E-state index contributed by atoms with van der Waals surface area (Å²) in [6.07, 6.45) is 0.658. The van der Waals surface area contributed by atoms with Crippen molar-refractivity contribution in [3.8, 4) is 0 Å². The zero-order valence-electron chi connectivity index (χ0n) is 9.41. The Morgan fingerprint density at radius 1 is 1.40 bits per heavy atom. The van der Waals surface area contributed by atoms with Gasteiger partial charge in [-0.2, -0.15) is 0 Å². The van der Waals surface area contributed by atoms with Crippen LogP contribution in [0.5, 0.6) is 0 Å². The average molecular weight is 217 g/mol. The molecule has 0 saturated heterocycles. The van der Waals surface area contributed by atoms with Crippen molar-refractivity contribution in [3.63, 3.8) is 0 Å². The number of carbonyl (C=O) groups excluding carboxylic acids is 1. The molecule has 1 unspecified atom stereocenters. The third kappa shape index (κ3) is 4.29. The highest BCUT2D eigenvalue weighted by Crippen LogP contribution is 2.19. The van der Waals surface area contributed by atoms with Gasteiger partial charge in [0.25, 0.3) is 0 Å². The Labute approximate surface area is 89.5 Å². The number of hydrogen-bond acceptors (Lipinski definition) is 3. The van der Waals surface area contributed by atoms with E-state index >= 15 is 0 Å². The number of rotatable bonds is 6. The fourth-order valence-corrected chi connectivity index (χ4v) is 0.901. The first kappa shape index (κ1) is 13.9. The predicted octanol–water partition coefficient (Wildman–Crippen LogP) is 0.374. The van der Waals surface area contributed by atoms with E-state index in [0.29, 0.717) is 6.42 Å². The van der Waals surface area contributed by atoms with Gasteiger partial charge in [-0.05, 0) is 6.42 Å². The van der Waals surface area contributed by atoms with Gasteiger partial charge < -0.3 is 15.5 Å².